The van der Waals surface area contributed by atoms with Gasteiger partial charge < -0.3 is 19.9 Å². The summed E-state index contributed by atoms with van der Waals surface area (Å²) in [6.07, 6.45) is -1.41. The molecule has 0 bridgehead atoms. The van der Waals surface area contributed by atoms with Gasteiger partial charge in [-0.1, -0.05) is 54.4 Å². The number of likely N-dealkylation sites (N-methyl/N-ethyl adjacent to an activating group) is 1. The zero-order valence-electron chi connectivity index (χ0n) is 18.9. The van der Waals surface area contributed by atoms with Crippen LogP contribution in [0.2, 0.25) is 0 Å². The minimum atomic E-state index is -0.760. The molecule has 4 rings (SSSR count). The SMILES string of the molecule is CCNC(Oc1c(O)cccc1-c1c(-c2cc(C)cc(C)c2)[nH]c2ccccc12)C(C)O. The number of phenolic OH excluding ortho intramolecular Hbond substituents is 1. The number of hydrogen-bond acceptors (Lipinski definition) is 4. The van der Waals surface area contributed by atoms with Crippen LogP contribution in [-0.4, -0.2) is 34.1 Å². The lowest BCUT2D eigenvalue weighted by molar-refractivity contribution is 0.0271. The average Bonchev–Trinajstić information content (AvgIpc) is 3.13. The lowest BCUT2D eigenvalue weighted by Gasteiger charge is -2.24. The fourth-order valence-electron chi connectivity index (χ4n) is 4.24. The fourth-order valence-corrected chi connectivity index (χ4v) is 4.24. The lowest BCUT2D eigenvalue weighted by Crippen LogP contribution is -2.43. The van der Waals surface area contributed by atoms with Gasteiger partial charge in [0.15, 0.2) is 17.7 Å². The summed E-state index contributed by atoms with van der Waals surface area (Å²) in [5.41, 5.74) is 7.12. The van der Waals surface area contributed by atoms with E-state index in [1.165, 1.54) is 11.1 Å². The number of H-pyrrole nitrogens is 1. The van der Waals surface area contributed by atoms with Crippen molar-refractivity contribution in [3.63, 3.8) is 0 Å². The van der Waals surface area contributed by atoms with Crippen molar-refractivity contribution in [2.45, 2.75) is 40.0 Å². The molecule has 0 saturated carbocycles. The predicted octanol–water partition coefficient (Wildman–Crippen LogP) is 5.52. The number of nitrogens with one attached hydrogen (secondary N) is 2. The van der Waals surface area contributed by atoms with Gasteiger partial charge in [0.1, 0.15) is 6.10 Å². The minimum absolute atomic E-state index is 0.0303. The maximum absolute atomic E-state index is 10.8. The van der Waals surface area contributed by atoms with Crippen molar-refractivity contribution in [2.75, 3.05) is 6.54 Å². The predicted molar refractivity (Wildman–Crippen MR) is 130 cm³/mol. The molecule has 5 nitrogen and oxygen atoms in total. The summed E-state index contributed by atoms with van der Waals surface area (Å²) in [6, 6.07) is 19.9. The van der Waals surface area contributed by atoms with E-state index in [-0.39, 0.29) is 5.75 Å². The number of aliphatic hydroxyl groups is 1. The highest BCUT2D eigenvalue weighted by Gasteiger charge is 2.24. The van der Waals surface area contributed by atoms with E-state index in [1.807, 2.05) is 37.3 Å². The molecule has 5 heteroatoms. The molecule has 0 spiro atoms. The molecular weight excluding hydrogens is 400 g/mol. The maximum Gasteiger partial charge on any atom is 0.176 e. The molecule has 166 valence electrons. The molecule has 1 aromatic heterocycles. The van der Waals surface area contributed by atoms with E-state index in [2.05, 4.69) is 48.4 Å². The van der Waals surface area contributed by atoms with Crippen LogP contribution in [0.4, 0.5) is 0 Å². The molecule has 0 aliphatic carbocycles. The summed E-state index contributed by atoms with van der Waals surface area (Å²) in [4.78, 5) is 3.58. The fraction of sp³-hybridized carbons (Fsp3) is 0.259. The number of rotatable bonds is 7. The van der Waals surface area contributed by atoms with Crippen LogP contribution in [0.15, 0.2) is 60.7 Å². The topological polar surface area (TPSA) is 77.5 Å². The van der Waals surface area contributed by atoms with Crippen molar-refractivity contribution >= 4 is 10.9 Å². The first-order valence-corrected chi connectivity index (χ1v) is 11.0. The second kappa shape index (κ2) is 9.07. The first-order chi connectivity index (χ1) is 15.4. The lowest BCUT2D eigenvalue weighted by atomic mass is 9.95. The molecule has 2 unspecified atom stereocenters. The molecule has 0 amide bonds. The molecular formula is C27H30N2O3. The summed E-state index contributed by atoms with van der Waals surface area (Å²) in [5, 5.41) is 25.1. The van der Waals surface area contributed by atoms with Gasteiger partial charge in [0.2, 0.25) is 0 Å². The number of para-hydroxylation sites is 2. The molecule has 3 aromatic carbocycles. The molecule has 0 aliphatic rings. The van der Waals surface area contributed by atoms with Gasteiger partial charge in [-0.2, -0.15) is 0 Å². The summed E-state index contributed by atoms with van der Waals surface area (Å²) < 4.78 is 6.16. The zero-order chi connectivity index (χ0) is 22.8. The summed E-state index contributed by atoms with van der Waals surface area (Å²) in [7, 11) is 0. The summed E-state index contributed by atoms with van der Waals surface area (Å²) in [5.74, 6) is 0.373. The Hall–Kier alpha value is -3.28. The largest absolute Gasteiger partial charge is 0.504 e. The Labute approximate surface area is 188 Å². The highest BCUT2D eigenvalue weighted by molar-refractivity contribution is 6.05. The highest BCUT2D eigenvalue weighted by atomic mass is 16.5. The molecule has 1 heterocycles. The van der Waals surface area contributed by atoms with Crippen molar-refractivity contribution in [1.82, 2.24) is 10.3 Å². The molecule has 4 aromatic rings. The third kappa shape index (κ3) is 4.22. The Morgan fingerprint density at radius 3 is 2.41 bits per heavy atom. The Balaban J connectivity index is 1.97. The third-order valence-corrected chi connectivity index (χ3v) is 5.57. The number of benzene rings is 3. The Morgan fingerprint density at radius 1 is 1.00 bits per heavy atom. The average molecular weight is 431 g/mol. The van der Waals surface area contributed by atoms with Gasteiger partial charge in [-0.05, 0) is 57.1 Å². The molecule has 0 aliphatic heterocycles. The number of aryl methyl sites for hydroxylation is 2. The second-order valence-electron chi connectivity index (χ2n) is 8.29. The summed E-state index contributed by atoms with van der Waals surface area (Å²) in [6.45, 7) is 8.41. The van der Waals surface area contributed by atoms with Gasteiger partial charge in [0, 0.05) is 22.0 Å². The molecule has 32 heavy (non-hydrogen) atoms. The van der Waals surface area contributed by atoms with E-state index < -0.39 is 12.3 Å². The third-order valence-electron chi connectivity index (χ3n) is 5.57. The van der Waals surface area contributed by atoms with Crippen molar-refractivity contribution in [3.8, 4) is 33.9 Å². The van der Waals surface area contributed by atoms with Crippen LogP contribution in [-0.2, 0) is 0 Å². The van der Waals surface area contributed by atoms with Gasteiger partial charge in [0.05, 0.1) is 5.69 Å². The Kier molecular flexibility index (Phi) is 6.21. The van der Waals surface area contributed by atoms with Crippen LogP contribution in [0.5, 0.6) is 11.5 Å². The second-order valence-corrected chi connectivity index (χ2v) is 8.29. The molecule has 0 fully saturated rings. The number of ether oxygens (including phenoxy) is 1. The van der Waals surface area contributed by atoms with Crippen molar-refractivity contribution < 1.29 is 14.9 Å². The monoisotopic (exact) mass is 430 g/mol. The number of hydrogen-bond donors (Lipinski definition) is 4. The van der Waals surface area contributed by atoms with Crippen LogP contribution >= 0.6 is 0 Å². The van der Waals surface area contributed by atoms with Crippen LogP contribution < -0.4 is 10.1 Å². The first kappa shape index (κ1) is 21.9. The van der Waals surface area contributed by atoms with E-state index in [4.69, 9.17) is 4.74 Å². The van der Waals surface area contributed by atoms with Crippen LogP contribution in [0, 0.1) is 13.8 Å². The summed E-state index contributed by atoms with van der Waals surface area (Å²) >= 11 is 0. The molecule has 4 N–H and O–H groups in total. The highest BCUT2D eigenvalue weighted by Crippen LogP contribution is 2.45. The number of aromatic amines is 1. The normalized spacial score (nSPS) is 13.3. The van der Waals surface area contributed by atoms with Gasteiger partial charge in [0.25, 0.3) is 0 Å². The zero-order valence-corrected chi connectivity index (χ0v) is 18.9. The minimum Gasteiger partial charge on any atom is -0.504 e. The maximum atomic E-state index is 10.8. The van der Waals surface area contributed by atoms with Gasteiger partial charge in [-0.15, -0.1) is 0 Å². The van der Waals surface area contributed by atoms with Gasteiger partial charge >= 0.3 is 0 Å². The van der Waals surface area contributed by atoms with E-state index in [9.17, 15) is 10.2 Å². The first-order valence-electron chi connectivity index (χ1n) is 11.0. The number of aromatic nitrogens is 1. The number of aromatic hydroxyl groups is 1. The molecule has 0 saturated heterocycles. The standard InChI is InChI=1S/C27H30N2O3/c1-5-28-27(18(4)30)32-26-21(10-8-12-23(26)31)24-20-9-6-7-11-22(20)29-25(24)19-14-16(2)13-17(3)15-19/h6-15,18,27-31H,5H2,1-4H3. The van der Waals surface area contributed by atoms with E-state index in [1.54, 1.807) is 13.0 Å². The van der Waals surface area contributed by atoms with E-state index in [0.717, 1.165) is 33.3 Å². The van der Waals surface area contributed by atoms with Crippen molar-refractivity contribution in [3.05, 3.63) is 71.8 Å². The van der Waals surface area contributed by atoms with E-state index >= 15 is 0 Å². The van der Waals surface area contributed by atoms with Gasteiger partial charge in [-0.3, -0.25) is 5.32 Å². The molecule has 2 atom stereocenters. The van der Waals surface area contributed by atoms with Crippen molar-refractivity contribution in [2.24, 2.45) is 0 Å². The Morgan fingerprint density at radius 2 is 1.72 bits per heavy atom. The number of fused-ring (bicyclic) bond motifs is 1. The number of phenols is 1. The molecule has 0 radical (unpaired) electrons. The smallest absolute Gasteiger partial charge is 0.176 e. The number of aliphatic hydroxyl groups excluding tert-OH is 1. The van der Waals surface area contributed by atoms with Crippen LogP contribution in [0.25, 0.3) is 33.3 Å². The van der Waals surface area contributed by atoms with Crippen LogP contribution in [0.1, 0.15) is 25.0 Å². The van der Waals surface area contributed by atoms with Crippen molar-refractivity contribution in [1.29, 1.82) is 0 Å². The van der Waals surface area contributed by atoms with Gasteiger partial charge in [-0.25, -0.2) is 0 Å². The quantitative estimate of drug-likeness (QED) is 0.291. The van der Waals surface area contributed by atoms with Crippen LogP contribution in [0.3, 0.4) is 0 Å². The van der Waals surface area contributed by atoms with E-state index in [0.29, 0.717) is 12.3 Å². The Bertz CT molecular complexity index is 1220.